The number of carbonyl (C=O) groups excluding carboxylic acids is 4. The number of benzene rings is 7. The van der Waals surface area contributed by atoms with Crippen LogP contribution in [0.2, 0.25) is 0 Å². The molecule has 0 saturated heterocycles. The first-order chi connectivity index (χ1) is 29.7. The normalized spacial score (nSPS) is 13.5. The summed E-state index contributed by atoms with van der Waals surface area (Å²) >= 11 is 0. The van der Waals surface area contributed by atoms with Crippen molar-refractivity contribution in [3.8, 4) is 34.1 Å². The highest BCUT2D eigenvalue weighted by Crippen LogP contribution is 2.39. The highest BCUT2D eigenvalue weighted by molar-refractivity contribution is 6.35. The second kappa shape index (κ2) is 15.2. The Kier molecular flexibility index (Phi) is 9.74. The van der Waals surface area contributed by atoms with Gasteiger partial charge in [0, 0.05) is 5.41 Å². The molecule has 2 aliphatic rings. The monoisotopic (exact) mass is 816 g/mol. The lowest BCUT2D eigenvalue weighted by atomic mass is 9.78. The average Bonchev–Trinajstić information content (AvgIpc) is 3.64. The van der Waals surface area contributed by atoms with E-state index in [4.69, 9.17) is 9.47 Å². The lowest BCUT2D eigenvalue weighted by Crippen LogP contribution is -2.30. The van der Waals surface area contributed by atoms with Crippen LogP contribution in [0.3, 0.4) is 0 Å². The van der Waals surface area contributed by atoms with Crippen molar-refractivity contribution in [2.45, 2.75) is 53.9 Å². The minimum atomic E-state index is -0.384. The van der Waals surface area contributed by atoms with Crippen LogP contribution in [0.25, 0.3) is 11.1 Å². The Morgan fingerprint density at radius 1 is 0.387 bits per heavy atom. The molecule has 2 heterocycles. The van der Waals surface area contributed by atoms with E-state index in [-0.39, 0.29) is 29.0 Å². The molecule has 8 heteroatoms. The molecule has 0 radical (unpaired) electrons. The van der Waals surface area contributed by atoms with E-state index in [1.165, 1.54) is 20.9 Å². The van der Waals surface area contributed by atoms with Crippen LogP contribution >= 0.6 is 0 Å². The predicted molar refractivity (Wildman–Crippen MR) is 242 cm³/mol. The van der Waals surface area contributed by atoms with E-state index in [0.717, 1.165) is 38.9 Å². The number of hydrogen-bond acceptors (Lipinski definition) is 6. The minimum Gasteiger partial charge on any atom is -0.457 e. The fourth-order valence-electron chi connectivity index (χ4n) is 8.47. The van der Waals surface area contributed by atoms with Crippen molar-refractivity contribution in [1.82, 2.24) is 0 Å². The van der Waals surface area contributed by atoms with E-state index < -0.39 is 0 Å². The molecule has 2 aliphatic heterocycles. The van der Waals surface area contributed by atoms with Crippen molar-refractivity contribution in [3.05, 3.63) is 201 Å². The summed E-state index contributed by atoms with van der Waals surface area (Å²) in [4.78, 5) is 56.7. The lowest BCUT2D eigenvalue weighted by Gasteiger charge is -2.26. The summed E-state index contributed by atoms with van der Waals surface area (Å²) in [6.45, 7) is 14.1. The summed E-state index contributed by atoms with van der Waals surface area (Å²) in [6.07, 6.45) is 0. The van der Waals surface area contributed by atoms with Gasteiger partial charge in [0.1, 0.15) is 23.0 Å². The van der Waals surface area contributed by atoms with E-state index in [2.05, 4.69) is 45.9 Å². The Hall–Kier alpha value is -7.58. The standard InChI is InChI=1S/C54H44N2O6/c1-31-11-12-36(27-34(31)4)37-13-26-48(35(5)28-37)55-50(57)44-24-22-42(29-46(44)52(55)59)61-40-18-14-38(15-19-40)54(6,7)39-16-20-41(21-17-39)62-43-23-25-45-47(30-43)53(60)56(51(45)58)49-32(2)9-8-10-33(49)3/h8-30H,1-7H3. The lowest BCUT2D eigenvalue weighted by molar-refractivity contribution is 0.0910. The molecule has 0 aromatic heterocycles. The van der Waals surface area contributed by atoms with Gasteiger partial charge in [-0.05, 0) is 157 Å². The molecular formula is C54H44N2O6. The van der Waals surface area contributed by atoms with Crippen molar-refractivity contribution in [1.29, 1.82) is 0 Å². The van der Waals surface area contributed by atoms with Crippen LogP contribution in [-0.4, -0.2) is 23.6 Å². The molecule has 7 aromatic carbocycles. The fraction of sp³-hybridized carbons (Fsp3) is 0.148. The molecule has 0 bridgehead atoms. The molecule has 0 saturated carbocycles. The zero-order valence-corrected chi connectivity index (χ0v) is 35.6. The first kappa shape index (κ1) is 39.9. The molecule has 0 unspecified atom stereocenters. The molecular weight excluding hydrogens is 773 g/mol. The number of nitrogens with zero attached hydrogens (tertiary/aromatic N) is 2. The van der Waals surface area contributed by atoms with Crippen molar-refractivity contribution in [2.75, 3.05) is 9.80 Å². The number of amides is 4. The molecule has 0 N–H and O–H groups in total. The number of hydrogen-bond donors (Lipinski definition) is 0. The molecule has 306 valence electrons. The number of imide groups is 2. The second-order valence-corrected chi connectivity index (χ2v) is 16.7. The summed E-state index contributed by atoms with van der Waals surface area (Å²) in [5, 5.41) is 0. The first-order valence-corrected chi connectivity index (χ1v) is 20.6. The quantitative estimate of drug-likeness (QED) is 0.135. The van der Waals surface area contributed by atoms with Gasteiger partial charge in [-0.15, -0.1) is 0 Å². The summed E-state index contributed by atoms with van der Waals surface area (Å²) in [7, 11) is 0. The van der Waals surface area contributed by atoms with Crippen LogP contribution in [0.4, 0.5) is 11.4 Å². The highest BCUT2D eigenvalue weighted by atomic mass is 16.5. The maximum atomic E-state index is 13.8. The maximum absolute atomic E-state index is 13.8. The molecule has 0 fully saturated rings. The molecule has 62 heavy (non-hydrogen) atoms. The van der Waals surface area contributed by atoms with Gasteiger partial charge in [-0.3, -0.25) is 19.2 Å². The van der Waals surface area contributed by atoms with Gasteiger partial charge in [0.2, 0.25) is 0 Å². The van der Waals surface area contributed by atoms with Crippen LogP contribution in [0, 0.1) is 34.6 Å². The second-order valence-electron chi connectivity index (χ2n) is 16.7. The first-order valence-electron chi connectivity index (χ1n) is 20.6. The SMILES string of the molecule is Cc1ccc(-c2ccc(N3C(=O)c4ccc(Oc5ccc(C(C)(C)c6ccc(Oc7ccc8c(c7)C(=O)N(c7c(C)cccc7C)C8=O)cc6)cc5)cc4C3=O)c(C)c2)cc1C. The van der Waals surface area contributed by atoms with Crippen molar-refractivity contribution in [3.63, 3.8) is 0 Å². The number of aryl methyl sites for hydroxylation is 5. The molecule has 0 atom stereocenters. The third kappa shape index (κ3) is 6.83. The number of para-hydroxylation sites is 1. The summed E-state index contributed by atoms with van der Waals surface area (Å²) in [5.74, 6) is 0.644. The van der Waals surface area contributed by atoms with Gasteiger partial charge < -0.3 is 9.47 Å². The van der Waals surface area contributed by atoms with E-state index in [0.29, 0.717) is 56.6 Å². The smallest absolute Gasteiger partial charge is 0.266 e. The van der Waals surface area contributed by atoms with Gasteiger partial charge in [-0.25, -0.2) is 9.80 Å². The van der Waals surface area contributed by atoms with Gasteiger partial charge in [0.25, 0.3) is 23.6 Å². The van der Waals surface area contributed by atoms with Gasteiger partial charge in [0.15, 0.2) is 0 Å². The summed E-state index contributed by atoms with van der Waals surface area (Å²) in [6, 6.07) is 43.4. The third-order valence-electron chi connectivity index (χ3n) is 12.3. The molecule has 4 amide bonds. The van der Waals surface area contributed by atoms with Crippen molar-refractivity contribution < 1.29 is 28.7 Å². The van der Waals surface area contributed by atoms with E-state index in [1.54, 1.807) is 36.4 Å². The Labute approximate surface area is 361 Å². The zero-order chi connectivity index (χ0) is 43.6. The topological polar surface area (TPSA) is 93.2 Å². The van der Waals surface area contributed by atoms with Gasteiger partial charge in [-0.1, -0.05) is 80.6 Å². The van der Waals surface area contributed by atoms with Crippen LogP contribution in [0.5, 0.6) is 23.0 Å². The van der Waals surface area contributed by atoms with Crippen LogP contribution < -0.4 is 19.3 Å². The maximum Gasteiger partial charge on any atom is 0.266 e. The Bertz CT molecular complexity index is 3000. The fourth-order valence-corrected chi connectivity index (χ4v) is 8.47. The minimum absolute atomic E-state index is 0.301. The van der Waals surface area contributed by atoms with E-state index in [9.17, 15) is 19.2 Å². The zero-order valence-electron chi connectivity index (χ0n) is 35.6. The van der Waals surface area contributed by atoms with Crippen molar-refractivity contribution in [2.24, 2.45) is 0 Å². The van der Waals surface area contributed by atoms with E-state index in [1.807, 2.05) is 106 Å². The van der Waals surface area contributed by atoms with Crippen molar-refractivity contribution >= 4 is 35.0 Å². The third-order valence-corrected chi connectivity index (χ3v) is 12.3. The largest absolute Gasteiger partial charge is 0.457 e. The molecule has 7 aromatic rings. The molecule has 9 rings (SSSR count). The molecule has 0 spiro atoms. The number of rotatable bonds is 9. The van der Waals surface area contributed by atoms with Gasteiger partial charge >= 0.3 is 0 Å². The van der Waals surface area contributed by atoms with Crippen LogP contribution in [0.1, 0.15) is 94.2 Å². The Morgan fingerprint density at radius 3 is 1.32 bits per heavy atom. The Morgan fingerprint density at radius 2 is 0.823 bits per heavy atom. The number of carbonyl (C=O) groups is 4. The Balaban J connectivity index is 0.862. The van der Waals surface area contributed by atoms with E-state index >= 15 is 0 Å². The molecule has 8 nitrogen and oxygen atoms in total. The van der Waals surface area contributed by atoms with Gasteiger partial charge in [0.05, 0.1) is 33.6 Å². The predicted octanol–water partition coefficient (Wildman–Crippen LogP) is 12.4. The van der Waals surface area contributed by atoms with Crippen LogP contribution in [-0.2, 0) is 5.41 Å². The average molecular weight is 817 g/mol. The highest BCUT2D eigenvalue weighted by Gasteiger charge is 2.39. The summed E-state index contributed by atoms with van der Waals surface area (Å²) in [5.41, 5.74) is 11.3. The molecule has 0 aliphatic carbocycles. The van der Waals surface area contributed by atoms with Gasteiger partial charge in [-0.2, -0.15) is 0 Å². The summed E-state index contributed by atoms with van der Waals surface area (Å²) < 4.78 is 12.4. The number of anilines is 2. The number of fused-ring (bicyclic) bond motifs is 2. The number of ether oxygens (including phenoxy) is 2. The van der Waals surface area contributed by atoms with Crippen LogP contribution in [0.15, 0.2) is 140 Å².